The number of ether oxygens (including phenoxy) is 1. The lowest BCUT2D eigenvalue weighted by molar-refractivity contribution is 0.0990. The van der Waals surface area contributed by atoms with E-state index in [2.05, 4.69) is 15.7 Å². The van der Waals surface area contributed by atoms with E-state index in [1.807, 2.05) is 39.0 Å². The zero-order chi connectivity index (χ0) is 24.1. The lowest BCUT2D eigenvalue weighted by Gasteiger charge is -2.09. The number of amides is 2. The largest absolute Gasteiger partial charge is 0.486 e. The van der Waals surface area contributed by atoms with Gasteiger partial charge < -0.3 is 19.8 Å². The van der Waals surface area contributed by atoms with Gasteiger partial charge in [0.1, 0.15) is 23.8 Å². The third-order valence-corrected chi connectivity index (χ3v) is 5.37. The maximum Gasteiger partial charge on any atom is 0.291 e. The van der Waals surface area contributed by atoms with E-state index in [0.717, 1.165) is 11.3 Å². The Balaban J connectivity index is 1.36. The average Bonchev–Trinajstić information content (AvgIpc) is 3.50. The van der Waals surface area contributed by atoms with E-state index >= 15 is 0 Å². The molecule has 0 spiro atoms. The highest BCUT2D eigenvalue weighted by molar-refractivity contribution is 6.05. The number of benzene rings is 2. The van der Waals surface area contributed by atoms with Crippen molar-refractivity contribution in [2.24, 2.45) is 0 Å². The van der Waals surface area contributed by atoms with Gasteiger partial charge >= 0.3 is 0 Å². The van der Waals surface area contributed by atoms with Crippen molar-refractivity contribution < 1.29 is 18.7 Å². The predicted molar refractivity (Wildman–Crippen MR) is 129 cm³/mol. The number of hydrogen-bond acceptors (Lipinski definition) is 5. The first-order valence-electron chi connectivity index (χ1n) is 11.0. The number of rotatable bonds is 8. The van der Waals surface area contributed by atoms with Crippen LogP contribution in [0.15, 0.2) is 71.3 Å². The van der Waals surface area contributed by atoms with Gasteiger partial charge in [-0.15, -0.1) is 0 Å². The maximum atomic E-state index is 12.6. The number of nitrogens with one attached hydrogen (secondary N) is 2. The summed E-state index contributed by atoms with van der Waals surface area (Å²) in [6.07, 6.45) is 1.58. The summed E-state index contributed by atoms with van der Waals surface area (Å²) in [6.45, 7) is 6.79. The molecule has 174 valence electrons. The molecule has 4 aromatic rings. The number of nitrogens with zero attached hydrogens (tertiary/aromatic N) is 2. The van der Waals surface area contributed by atoms with E-state index in [1.165, 1.54) is 5.56 Å². The van der Waals surface area contributed by atoms with Crippen LogP contribution in [0.2, 0.25) is 0 Å². The molecular formula is C26H26N4O4. The number of carbonyl (C=O) groups is 2. The Labute approximate surface area is 197 Å². The zero-order valence-electron chi connectivity index (χ0n) is 19.3. The second-order valence-electron chi connectivity index (χ2n) is 7.82. The number of carbonyl (C=O) groups excluding carboxylic acids is 2. The number of furan rings is 1. The third kappa shape index (κ3) is 5.35. The van der Waals surface area contributed by atoms with Crippen molar-refractivity contribution in [3.8, 4) is 5.75 Å². The van der Waals surface area contributed by atoms with Crippen molar-refractivity contribution in [2.45, 2.75) is 33.9 Å². The standard InChI is InChI=1S/C26H26N4O4/c1-4-30-23(12-13-27-30)25(31)28-19-6-5-7-20(15-19)29-26(32)24-11-10-22(34-24)16-33-21-9-8-17(2)18(3)14-21/h5-15H,4,16H2,1-3H3,(H,28,31)(H,29,32). The van der Waals surface area contributed by atoms with Gasteiger partial charge in [0.05, 0.1) is 0 Å². The highest BCUT2D eigenvalue weighted by Crippen LogP contribution is 2.20. The second kappa shape index (κ2) is 10.1. The van der Waals surface area contributed by atoms with E-state index in [4.69, 9.17) is 9.15 Å². The summed E-state index contributed by atoms with van der Waals surface area (Å²) in [7, 11) is 0. The Bertz CT molecular complexity index is 1320. The Morgan fingerprint density at radius 2 is 1.71 bits per heavy atom. The SMILES string of the molecule is CCn1nccc1C(=O)Nc1cccc(NC(=O)c2ccc(COc3ccc(C)c(C)c3)o2)c1. The molecule has 0 saturated carbocycles. The summed E-state index contributed by atoms with van der Waals surface area (Å²) in [5.74, 6) is 0.774. The van der Waals surface area contributed by atoms with Gasteiger partial charge in [-0.05, 0) is 80.4 Å². The van der Waals surface area contributed by atoms with Crippen molar-refractivity contribution in [1.82, 2.24) is 9.78 Å². The molecule has 4 rings (SSSR count). The molecule has 2 N–H and O–H groups in total. The molecule has 8 heteroatoms. The molecule has 0 aliphatic rings. The van der Waals surface area contributed by atoms with Crippen LogP contribution in [0.5, 0.6) is 5.75 Å². The Morgan fingerprint density at radius 3 is 2.44 bits per heavy atom. The highest BCUT2D eigenvalue weighted by Gasteiger charge is 2.14. The molecule has 2 heterocycles. The molecule has 34 heavy (non-hydrogen) atoms. The van der Waals surface area contributed by atoms with E-state index in [0.29, 0.717) is 29.4 Å². The molecular weight excluding hydrogens is 432 g/mol. The van der Waals surface area contributed by atoms with Crippen LogP contribution in [-0.2, 0) is 13.2 Å². The van der Waals surface area contributed by atoms with Crippen molar-refractivity contribution in [2.75, 3.05) is 10.6 Å². The van der Waals surface area contributed by atoms with Gasteiger partial charge in [0.25, 0.3) is 11.8 Å². The molecule has 0 aliphatic heterocycles. The van der Waals surface area contributed by atoms with Crippen molar-refractivity contribution in [3.05, 3.63) is 95.2 Å². The monoisotopic (exact) mass is 458 g/mol. The topological polar surface area (TPSA) is 98.4 Å². The van der Waals surface area contributed by atoms with Crippen molar-refractivity contribution >= 4 is 23.2 Å². The van der Waals surface area contributed by atoms with Gasteiger partial charge in [0, 0.05) is 24.1 Å². The Kier molecular flexibility index (Phi) is 6.77. The molecule has 0 saturated heterocycles. The Morgan fingerprint density at radius 1 is 0.941 bits per heavy atom. The van der Waals surface area contributed by atoms with Crippen LogP contribution in [0.25, 0.3) is 0 Å². The van der Waals surface area contributed by atoms with Crippen LogP contribution in [0, 0.1) is 13.8 Å². The number of anilines is 2. The normalized spacial score (nSPS) is 10.7. The molecule has 0 atom stereocenters. The lowest BCUT2D eigenvalue weighted by atomic mass is 10.1. The summed E-state index contributed by atoms with van der Waals surface area (Å²) >= 11 is 0. The first-order chi connectivity index (χ1) is 16.4. The number of hydrogen-bond donors (Lipinski definition) is 2. The summed E-state index contributed by atoms with van der Waals surface area (Å²) in [5, 5.41) is 9.72. The smallest absolute Gasteiger partial charge is 0.291 e. The van der Waals surface area contributed by atoms with E-state index in [1.54, 1.807) is 53.3 Å². The highest BCUT2D eigenvalue weighted by atomic mass is 16.5. The molecule has 0 radical (unpaired) electrons. The molecule has 0 aliphatic carbocycles. The lowest BCUT2D eigenvalue weighted by Crippen LogP contribution is -2.17. The van der Waals surface area contributed by atoms with Gasteiger partial charge in [0.15, 0.2) is 5.76 Å². The van der Waals surface area contributed by atoms with Gasteiger partial charge in [-0.2, -0.15) is 5.10 Å². The van der Waals surface area contributed by atoms with Crippen LogP contribution in [-0.4, -0.2) is 21.6 Å². The first kappa shape index (κ1) is 22.8. The first-order valence-corrected chi connectivity index (χ1v) is 11.0. The van der Waals surface area contributed by atoms with Gasteiger partial charge in [-0.1, -0.05) is 12.1 Å². The minimum Gasteiger partial charge on any atom is -0.486 e. The van der Waals surface area contributed by atoms with Crippen molar-refractivity contribution in [1.29, 1.82) is 0 Å². The fourth-order valence-electron chi connectivity index (χ4n) is 3.38. The molecule has 0 fully saturated rings. The molecule has 2 aromatic heterocycles. The molecule has 0 bridgehead atoms. The number of aromatic nitrogens is 2. The molecule has 0 unspecified atom stereocenters. The summed E-state index contributed by atoms with van der Waals surface area (Å²) in [4.78, 5) is 25.2. The predicted octanol–water partition coefficient (Wildman–Crippen LogP) is 5.20. The number of aryl methyl sites for hydroxylation is 3. The minimum absolute atomic E-state index is 0.167. The molecule has 2 aromatic carbocycles. The molecule has 2 amide bonds. The summed E-state index contributed by atoms with van der Waals surface area (Å²) < 4.78 is 13.0. The minimum atomic E-state index is -0.398. The Hall–Kier alpha value is -4.33. The zero-order valence-corrected chi connectivity index (χ0v) is 19.3. The van der Waals surface area contributed by atoms with Crippen molar-refractivity contribution in [3.63, 3.8) is 0 Å². The molecule has 8 nitrogen and oxygen atoms in total. The van der Waals surface area contributed by atoms with Crippen LogP contribution < -0.4 is 15.4 Å². The van der Waals surface area contributed by atoms with Crippen LogP contribution >= 0.6 is 0 Å². The van der Waals surface area contributed by atoms with Crippen LogP contribution in [0.4, 0.5) is 11.4 Å². The van der Waals surface area contributed by atoms with E-state index in [-0.39, 0.29) is 18.3 Å². The second-order valence-corrected chi connectivity index (χ2v) is 7.82. The van der Waals surface area contributed by atoms with E-state index < -0.39 is 5.91 Å². The fraction of sp³-hybridized carbons (Fsp3) is 0.192. The summed E-state index contributed by atoms with van der Waals surface area (Å²) in [5.41, 5.74) is 3.87. The van der Waals surface area contributed by atoms with E-state index in [9.17, 15) is 9.59 Å². The quantitative estimate of drug-likeness (QED) is 0.378. The van der Waals surface area contributed by atoms with Gasteiger partial charge in [-0.25, -0.2) is 0 Å². The fourth-order valence-corrected chi connectivity index (χ4v) is 3.38. The summed E-state index contributed by atoms with van der Waals surface area (Å²) in [6, 6.07) is 17.7. The van der Waals surface area contributed by atoms with Gasteiger partial charge in [-0.3, -0.25) is 14.3 Å². The van der Waals surface area contributed by atoms with Crippen LogP contribution in [0.3, 0.4) is 0 Å². The maximum absolute atomic E-state index is 12.6. The third-order valence-electron chi connectivity index (χ3n) is 5.37. The van der Waals surface area contributed by atoms with Gasteiger partial charge in [0.2, 0.25) is 0 Å². The average molecular weight is 459 g/mol. The van der Waals surface area contributed by atoms with Crippen LogP contribution in [0.1, 0.15) is 44.9 Å².